The molecule has 0 aliphatic carbocycles. The van der Waals surface area contributed by atoms with Crippen molar-refractivity contribution in [1.29, 1.82) is 0 Å². The fourth-order valence-corrected chi connectivity index (χ4v) is 3.21. The second kappa shape index (κ2) is 10.2. The molecule has 0 unspecified atom stereocenters. The molecule has 0 saturated heterocycles. The summed E-state index contributed by atoms with van der Waals surface area (Å²) >= 11 is 6.57. The highest BCUT2D eigenvalue weighted by Crippen LogP contribution is 2.47. The largest absolute Gasteiger partial charge is 0.493 e. The van der Waals surface area contributed by atoms with E-state index < -0.39 is 5.97 Å². The Morgan fingerprint density at radius 1 is 1.18 bits per heavy atom. The Morgan fingerprint density at radius 3 is 2.46 bits per heavy atom. The number of methoxy groups -OCH3 is 3. The van der Waals surface area contributed by atoms with Gasteiger partial charge in [0.1, 0.15) is 5.69 Å². The molecule has 0 aliphatic heterocycles. The SMILES string of the molecule is CCOC(=O)c1[nH]c(CNCCO)c(-c2ccc(OC)c(OC)c2OC)c1Cl. The van der Waals surface area contributed by atoms with Crippen molar-refractivity contribution in [2.24, 2.45) is 0 Å². The van der Waals surface area contributed by atoms with Crippen molar-refractivity contribution in [3.63, 3.8) is 0 Å². The van der Waals surface area contributed by atoms with Crippen molar-refractivity contribution in [2.45, 2.75) is 13.5 Å². The number of rotatable bonds is 10. The quantitative estimate of drug-likeness (QED) is 0.407. The Labute approximate surface area is 168 Å². The van der Waals surface area contributed by atoms with E-state index in [0.717, 1.165) is 0 Å². The lowest BCUT2D eigenvalue weighted by atomic mass is 10.0. The summed E-state index contributed by atoms with van der Waals surface area (Å²) in [4.78, 5) is 15.3. The maximum Gasteiger partial charge on any atom is 0.356 e. The number of aliphatic hydroxyl groups is 1. The van der Waals surface area contributed by atoms with Crippen LogP contribution in [-0.2, 0) is 11.3 Å². The molecule has 9 heteroatoms. The van der Waals surface area contributed by atoms with Crippen LogP contribution in [0.15, 0.2) is 12.1 Å². The Kier molecular flexibility index (Phi) is 7.98. The fourth-order valence-electron chi connectivity index (χ4n) is 2.87. The van der Waals surface area contributed by atoms with Gasteiger partial charge < -0.3 is 34.4 Å². The zero-order valence-corrected chi connectivity index (χ0v) is 17.1. The molecule has 0 bridgehead atoms. The normalized spacial score (nSPS) is 10.6. The maximum atomic E-state index is 12.3. The van der Waals surface area contributed by atoms with E-state index in [1.165, 1.54) is 21.3 Å². The lowest BCUT2D eigenvalue weighted by molar-refractivity contribution is 0.0520. The van der Waals surface area contributed by atoms with E-state index in [-0.39, 0.29) is 23.9 Å². The fraction of sp³-hybridized carbons (Fsp3) is 0.421. The number of halogens is 1. The zero-order chi connectivity index (χ0) is 20.7. The van der Waals surface area contributed by atoms with Gasteiger partial charge in [0.25, 0.3) is 0 Å². The van der Waals surface area contributed by atoms with Crippen LogP contribution in [0.4, 0.5) is 0 Å². The molecule has 2 aromatic rings. The van der Waals surface area contributed by atoms with Gasteiger partial charge in [-0.3, -0.25) is 0 Å². The van der Waals surface area contributed by atoms with Crippen LogP contribution >= 0.6 is 11.6 Å². The van der Waals surface area contributed by atoms with Crippen molar-refractivity contribution < 1.29 is 28.8 Å². The minimum atomic E-state index is -0.554. The summed E-state index contributed by atoms with van der Waals surface area (Å²) in [6.07, 6.45) is 0. The number of benzene rings is 1. The van der Waals surface area contributed by atoms with Gasteiger partial charge in [-0.15, -0.1) is 0 Å². The number of aliphatic hydroxyl groups excluding tert-OH is 1. The second-order valence-electron chi connectivity index (χ2n) is 5.67. The standard InChI is InChI=1S/C19H25ClN2O6/c1-5-28-19(24)16-15(20)14(12(22-16)10-21-8-9-23)11-6-7-13(25-2)18(27-4)17(11)26-3/h6-7,21-23H,5,8-10H2,1-4H3. The van der Waals surface area contributed by atoms with Crippen molar-refractivity contribution in [2.75, 3.05) is 41.1 Å². The molecule has 2 rings (SSSR count). The molecule has 0 atom stereocenters. The molecule has 0 spiro atoms. The zero-order valence-electron chi connectivity index (χ0n) is 16.3. The maximum absolute atomic E-state index is 12.3. The van der Waals surface area contributed by atoms with Crippen LogP contribution in [0, 0.1) is 0 Å². The predicted octanol–water partition coefficient (Wildman–Crippen LogP) is 2.62. The van der Waals surface area contributed by atoms with E-state index in [1.807, 2.05) is 0 Å². The number of carbonyl (C=O) groups excluding carboxylic acids is 1. The molecule has 3 N–H and O–H groups in total. The number of hydrogen-bond donors (Lipinski definition) is 3. The minimum absolute atomic E-state index is 0.0197. The van der Waals surface area contributed by atoms with Crippen molar-refractivity contribution in [3.05, 3.63) is 28.5 Å². The highest BCUT2D eigenvalue weighted by molar-refractivity contribution is 6.36. The summed E-state index contributed by atoms with van der Waals surface area (Å²) in [6.45, 7) is 2.65. The third-order valence-electron chi connectivity index (χ3n) is 4.06. The van der Waals surface area contributed by atoms with Gasteiger partial charge in [0.05, 0.1) is 39.6 Å². The minimum Gasteiger partial charge on any atom is -0.493 e. The topological polar surface area (TPSA) is 102 Å². The van der Waals surface area contributed by atoms with Crippen LogP contribution < -0.4 is 19.5 Å². The number of nitrogens with one attached hydrogen (secondary N) is 2. The van der Waals surface area contributed by atoms with Gasteiger partial charge in [0.15, 0.2) is 11.5 Å². The van der Waals surface area contributed by atoms with Gasteiger partial charge in [-0.1, -0.05) is 11.6 Å². The Morgan fingerprint density at radius 2 is 1.89 bits per heavy atom. The van der Waals surface area contributed by atoms with Crippen LogP contribution in [0.5, 0.6) is 17.2 Å². The summed E-state index contributed by atoms with van der Waals surface area (Å²) in [7, 11) is 4.55. The third kappa shape index (κ3) is 4.35. The first kappa shape index (κ1) is 21.9. The van der Waals surface area contributed by atoms with Crippen LogP contribution in [0.3, 0.4) is 0 Å². The molecule has 8 nitrogen and oxygen atoms in total. The first-order valence-corrected chi connectivity index (χ1v) is 9.10. The molecule has 28 heavy (non-hydrogen) atoms. The summed E-state index contributed by atoms with van der Waals surface area (Å²) in [5.41, 5.74) is 1.99. The summed E-state index contributed by atoms with van der Waals surface area (Å²) in [6, 6.07) is 3.51. The summed E-state index contributed by atoms with van der Waals surface area (Å²) < 4.78 is 21.4. The predicted molar refractivity (Wildman–Crippen MR) is 106 cm³/mol. The Hall–Kier alpha value is -2.42. The van der Waals surface area contributed by atoms with E-state index in [9.17, 15) is 4.79 Å². The number of ether oxygens (including phenoxy) is 4. The van der Waals surface area contributed by atoms with E-state index in [1.54, 1.807) is 19.1 Å². The molecule has 0 amide bonds. The van der Waals surface area contributed by atoms with Crippen LogP contribution in [-0.4, -0.2) is 57.1 Å². The smallest absolute Gasteiger partial charge is 0.356 e. The molecular weight excluding hydrogens is 388 g/mol. The second-order valence-corrected chi connectivity index (χ2v) is 6.05. The van der Waals surface area contributed by atoms with Crippen LogP contribution in [0.1, 0.15) is 23.1 Å². The van der Waals surface area contributed by atoms with Gasteiger partial charge in [-0.05, 0) is 19.1 Å². The lowest BCUT2D eigenvalue weighted by Crippen LogP contribution is -2.18. The average Bonchev–Trinajstić information content (AvgIpc) is 3.03. The first-order valence-electron chi connectivity index (χ1n) is 8.72. The number of aromatic amines is 1. The van der Waals surface area contributed by atoms with Crippen molar-refractivity contribution in [3.8, 4) is 28.4 Å². The van der Waals surface area contributed by atoms with E-state index >= 15 is 0 Å². The Bertz CT molecular complexity index is 821. The number of carbonyl (C=O) groups is 1. The van der Waals surface area contributed by atoms with Crippen LogP contribution in [0.25, 0.3) is 11.1 Å². The number of hydrogen-bond acceptors (Lipinski definition) is 7. The molecule has 0 saturated carbocycles. The number of esters is 1. The monoisotopic (exact) mass is 412 g/mol. The summed E-state index contributed by atoms with van der Waals surface area (Å²) in [5.74, 6) is 0.773. The average molecular weight is 413 g/mol. The lowest BCUT2D eigenvalue weighted by Gasteiger charge is -2.16. The molecule has 0 fully saturated rings. The van der Waals surface area contributed by atoms with Crippen molar-refractivity contribution in [1.82, 2.24) is 10.3 Å². The highest BCUT2D eigenvalue weighted by atomic mass is 35.5. The van der Waals surface area contributed by atoms with Gasteiger partial charge in [0, 0.05) is 29.9 Å². The molecule has 0 aliphatic rings. The molecule has 154 valence electrons. The number of aromatic nitrogens is 1. The summed E-state index contributed by atoms with van der Waals surface area (Å²) in [5, 5.41) is 12.3. The van der Waals surface area contributed by atoms with E-state index in [4.69, 9.17) is 35.7 Å². The first-order chi connectivity index (χ1) is 13.5. The van der Waals surface area contributed by atoms with E-state index in [0.29, 0.717) is 47.2 Å². The third-order valence-corrected chi connectivity index (χ3v) is 4.44. The molecule has 1 heterocycles. The highest BCUT2D eigenvalue weighted by Gasteiger charge is 2.27. The molecular formula is C19H25ClN2O6. The molecule has 1 aromatic carbocycles. The van der Waals surface area contributed by atoms with Gasteiger partial charge in [0.2, 0.25) is 5.75 Å². The van der Waals surface area contributed by atoms with Crippen LogP contribution in [0.2, 0.25) is 5.02 Å². The molecule has 0 radical (unpaired) electrons. The Balaban J connectivity index is 2.67. The molecule has 1 aromatic heterocycles. The van der Waals surface area contributed by atoms with Gasteiger partial charge >= 0.3 is 5.97 Å². The van der Waals surface area contributed by atoms with Gasteiger partial charge in [-0.25, -0.2) is 4.79 Å². The van der Waals surface area contributed by atoms with Gasteiger partial charge in [-0.2, -0.15) is 0 Å². The van der Waals surface area contributed by atoms with E-state index in [2.05, 4.69) is 10.3 Å². The van der Waals surface area contributed by atoms with Crippen molar-refractivity contribution >= 4 is 17.6 Å². The number of H-pyrrole nitrogens is 1.